The molecule has 0 atom stereocenters. The number of rotatable bonds is 5. The van der Waals surface area contributed by atoms with Crippen molar-refractivity contribution in [1.82, 2.24) is 4.90 Å². The molecule has 2 rings (SSSR count). The number of likely N-dealkylation sites (tertiary alicyclic amines) is 1. The first-order chi connectivity index (χ1) is 11.6. The van der Waals surface area contributed by atoms with E-state index in [1.54, 1.807) is 0 Å². The summed E-state index contributed by atoms with van der Waals surface area (Å²) in [5.74, 6) is 0. The van der Waals surface area contributed by atoms with Gasteiger partial charge in [0.1, 0.15) is 6.54 Å². The SMILES string of the molecule is N#Cc1ccc(N(CCN2CCCC2)CC(F)(F)F)cc1C(F)(F)F. The maximum atomic E-state index is 13.0. The Morgan fingerprint density at radius 1 is 1.08 bits per heavy atom. The van der Waals surface area contributed by atoms with Crippen LogP contribution in [0.2, 0.25) is 0 Å². The average molecular weight is 365 g/mol. The lowest BCUT2D eigenvalue weighted by molar-refractivity contribution is -0.137. The summed E-state index contributed by atoms with van der Waals surface area (Å²) in [4.78, 5) is 2.87. The van der Waals surface area contributed by atoms with E-state index in [0.717, 1.165) is 43.0 Å². The van der Waals surface area contributed by atoms with Crippen LogP contribution in [0.4, 0.5) is 32.0 Å². The Labute approximate surface area is 141 Å². The van der Waals surface area contributed by atoms with Crippen LogP contribution in [-0.4, -0.2) is 43.8 Å². The lowest BCUT2D eigenvalue weighted by atomic mass is 10.1. The van der Waals surface area contributed by atoms with Crippen molar-refractivity contribution < 1.29 is 26.3 Å². The van der Waals surface area contributed by atoms with Crippen LogP contribution in [0.5, 0.6) is 0 Å². The molecule has 138 valence electrons. The van der Waals surface area contributed by atoms with Crippen LogP contribution in [0.25, 0.3) is 0 Å². The van der Waals surface area contributed by atoms with Gasteiger partial charge in [0.15, 0.2) is 0 Å². The van der Waals surface area contributed by atoms with E-state index in [0.29, 0.717) is 12.6 Å². The molecular formula is C16H17F6N3. The minimum Gasteiger partial charge on any atom is -0.361 e. The van der Waals surface area contributed by atoms with E-state index in [1.807, 2.05) is 4.90 Å². The van der Waals surface area contributed by atoms with Crippen LogP contribution in [0.3, 0.4) is 0 Å². The van der Waals surface area contributed by atoms with Gasteiger partial charge < -0.3 is 9.80 Å². The molecule has 1 aliphatic rings. The Kier molecular flexibility index (Phi) is 5.83. The highest BCUT2D eigenvalue weighted by atomic mass is 19.4. The molecule has 1 fully saturated rings. The lowest BCUT2D eigenvalue weighted by Gasteiger charge is -2.29. The standard InChI is InChI=1S/C16H17F6N3/c17-15(18,19)11-25(8-7-24-5-1-2-6-24)13-4-3-12(10-23)14(9-13)16(20,21)22/h3-4,9H,1-2,5-8,11H2. The van der Waals surface area contributed by atoms with E-state index >= 15 is 0 Å². The van der Waals surface area contributed by atoms with Crippen molar-refractivity contribution >= 4 is 5.69 Å². The van der Waals surface area contributed by atoms with E-state index in [2.05, 4.69) is 0 Å². The van der Waals surface area contributed by atoms with Crippen LogP contribution >= 0.6 is 0 Å². The molecule has 0 saturated carbocycles. The van der Waals surface area contributed by atoms with Gasteiger partial charge in [-0.05, 0) is 44.1 Å². The second kappa shape index (κ2) is 7.52. The molecule has 25 heavy (non-hydrogen) atoms. The third-order valence-electron chi connectivity index (χ3n) is 4.05. The normalized spacial score (nSPS) is 16.0. The van der Waals surface area contributed by atoms with Crippen molar-refractivity contribution in [3.05, 3.63) is 29.3 Å². The van der Waals surface area contributed by atoms with Gasteiger partial charge in [0.2, 0.25) is 0 Å². The zero-order valence-corrected chi connectivity index (χ0v) is 13.3. The van der Waals surface area contributed by atoms with Gasteiger partial charge in [-0.25, -0.2) is 0 Å². The predicted molar refractivity (Wildman–Crippen MR) is 80.1 cm³/mol. The van der Waals surface area contributed by atoms with Crippen molar-refractivity contribution in [2.45, 2.75) is 25.2 Å². The van der Waals surface area contributed by atoms with Crippen molar-refractivity contribution in [2.75, 3.05) is 37.6 Å². The van der Waals surface area contributed by atoms with Gasteiger partial charge in [-0.1, -0.05) is 0 Å². The summed E-state index contributed by atoms with van der Waals surface area (Å²) in [6.45, 7) is 0.520. The van der Waals surface area contributed by atoms with Gasteiger partial charge >= 0.3 is 12.4 Å². The molecule has 9 heteroatoms. The molecule has 1 aromatic carbocycles. The number of hydrogen-bond donors (Lipinski definition) is 0. The third-order valence-corrected chi connectivity index (χ3v) is 4.05. The summed E-state index contributed by atoms with van der Waals surface area (Å²) in [5.41, 5.74) is -2.02. The van der Waals surface area contributed by atoms with Gasteiger partial charge in [-0.15, -0.1) is 0 Å². The first kappa shape index (κ1) is 19.4. The molecule has 1 heterocycles. The average Bonchev–Trinajstić information content (AvgIpc) is 3.02. The maximum Gasteiger partial charge on any atom is 0.417 e. The summed E-state index contributed by atoms with van der Waals surface area (Å²) in [7, 11) is 0. The number of hydrogen-bond acceptors (Lipinski definition) is 3. The Morgan fingerprint density at radius 3 is 2.24 bits per heavy atom. The van der Waals surface area contributed by atoms with Gasteiger partial charge in [-0.3, -0.25) is 0 Å². The van der Waals surface area contributed by atoms with Crippen molar-refractivity contribution in [3.63, 3.8) is 0 Å². The summed E-state index contributed by atoms with van der Waals surface area (Å²) in [5, 5.41) is 8.79. The van der Waals surface area contributed by atoms with Crippen molar-refractivity contribution in [3.8, 4) is 6.07 Å². The van der Waals surface area contributed by atoms with Crippen molar-refractivity contribution in [2.24, 2.45) is 0 Å². The Hall–Kier alpha value is -1.95. The highest BCUT2D eigenvalue weighted by Gasteiger charge is 2.36. The Bertz CT molecular complexity index is 626. The molecule has 3 nitrogen and oxygen atoms in total. The molecule has 0 radical (unpaired) electrons. The monoisotopic (exact) mass is 365 g/mol. The first-order valence-electron chi connectivity index (χ1n) is 7.75. The minimum absolute atomic E-state index is 0.0390. The number of anilines is 1. The van der Waals surface area contributed by atoms with E-state index < -0.39 is 30.0 Å². The molecule has 1 aromatic rings. The fourth-order valence-electron chi connectivity index (χ4n) is 2.85. The van der Waals surface area contributed by atoms with Gasteiger partial charge in [0.25, 0.3) is 0 Å². The zero-order chi connectivity index (χ0) is 18.7. The molecule has 0 unspecified atom stereocenters. The first-order valence-corrected chi connectivity index (χ1v) is 7.75. The lowest BCUT2D eigenvalue weighted by Crippen LogP contribution is -2.39. The molecule has 0 N–H and O–H groups in total. The second-order valence-electron chi connectivity index (χ2n) is 5.92. The number of halogens is 6. The Morgan fingerprint density at radius 2 is 1.72 bits per heavy atom. The summed E-state index contributed by atoms with van der Waals surface area (Å²) >= 11 is 0. The highest BCUT2D eigenvalue weighted by molar-refractivity contribution is 5.55. The van der Waals surface area contributed by atoms with E-state index in [9.17, 15) is 26.3 Å². The molecule has 0 bridgehead atoms. The van der Waals surface area contributed by atoms with Gasteiger partial charge in [-0.2, -0.15) is 31.6 Å². The number of nitrogens with zero attached hydrogens (tertiary/aromatic N) is 3. The minimum atomic E-state index is -4.81. The van der Waals surface area contributed by atoms with Crippen LogP contribution in [0, 0.1) is 11.3 Å². The van der Waals surface area contributed by atoms with E-state index in [1.165, 1.54) is 6.07 Å². The third kappa shape index (κ3) is 5.53. The van der Waals surface area contributed by atoms with Gasteiger partial charge in [0.05, 0.1) is 17.2 Å². The number of benzene rings is 1. The molecule has 0 aliphatic carbocycles. The summed E-state index contributed by atoms with van der Waals surface area (Å²) < 4.78 is 77.7. The molecule has 1 saturated heterocycles. The topological polar surface area (TPSA) is 30.3 Å². The van der Waals surface area contributed by atoms with E-state index in [-0.39, 0.29) is 12.2 Å². The smallest absolute Gasteiger partial charge is 0.361 e. The molecule has 0 aromatic heterocycles. The van der Waals surface area contributed by atoms with Crippen LogP contribution < -0.4 is 4.90 Å². The maximum absolute atomic E-state index is 13.0. The number of nitriles is 1. The zero-order valence-electron chi connectivity index (χ0n) is 13.3. The second-order valence-corrected chi connectivity index (χ2v) is 5.92. The van der Waals surface area contributed by atoms with Crippen molar-refractivity contribution in [1.29, 1.82) is 5.26 Å². The quantitative estimate of drug-likeness (QED) is 0.738. The van der Waals surface area contributed by atoms with Gasteiger partial charge in [0, 0.05) is 18.8 Å². The Balaban J connectivity index is 2.27. The summed E-state index contributed by atoms with van der Waals surface area (Å²) in [6, 6.07) is 4.09. The highest BCUT2D eigenvalue weighted by Crippen LogP contribution is 2.35. The largest absolute Gasteiger partial charge is 0.417 e. The van der Waals surface area contributed by atoms with Crippen LogP contribution in [-0.2, 0) is 6.18 Å². The fraction of sp³-hybridized carbons (Fsp3) is 0.562. The molecule has 0 amide bonds. The molecule has 1 aliphatic heterocycles. The van der Waals surface area contributed by atoms with Crippen LogP contribution in [0.15, 0.2) is 18.2 Å². The predicted octanol–water partition coefficient (Wildman–Crippen LogP) is 4.04. The summed E-state index contributed by atoms with van der Waals surface area (Å²) in [6.07, 6.45) is -7.42. The van der Waals surface area contributed by atoms with Crippen LogP contribution in [0.1, 0.15) is 24.0 Å². The molecule has 0 spiro atoms. The fourth-order valence-corrected chi connectivity index (χ4v) is 2.85. The number of alkyl halides is 6. The van der Waals surface area contributed by atoms with E-state index in [4.69, 9.17) is 5.26 Å². The molecular weight excluding hydrogens is 348 g/mol.